The molecule has 0 aliphatic carbocycles. The van der Waals surface area contributed by atoms with Crippen LogP contribution in [0, 0.1) is 18.8 Å². The van der Waals surface area contributed by atoms with Gasteiger partial charge in [0.25, 0.3) is 5.91 Å². The predicted octanol–water partition coefficient (Wildman–Crippen LogP) is 1.64. The van der Waals surface area contributed by atoms with Crippen molar-refractivity contribution in [3.8, 4) is 11.8 Å². The molecule has 1 amide bonds. The van der Waals surface area contributed by atoms with Gasteiger partial charge in [-0.15, -0.1) is 0 Å². The summed E-state index contributed by atoms with van der Waals surface area (Å²) >= 11 is 0. The van der Waals surface area contributed by atoms with E-state index in [2.05, 4.69) is 17.2 Å². The number of benzene rings is 1. The Kier molecular flexibility index (Phi) is 5.38. The first kappa shape index (κ1) is 15.6. The highest BCUT2D eigenvalue weighted by Crippen LogP contribution is 2.17. The molecule has 4 nitrogen and oxygen atoms in total. The van der Waals surface area contributed by atoms with E-state index in [0.717, 1.165) is 25.0 Å². The average Bonchev–Trinajstić information content (AvgIpc) is 3.00. The topological polar surface area (TPSA) is 58.6 Å². The molecule has 0 aromatic heterocycles. The van der Waals surface area contributed by atoms with Gasteiger partial charge < -0.3 is 15.2 Å². The summed E-state index contributed by atoms with van der Waals surface area (Å²) in [6, 6.07) is 5.50. The lowest BCUT2D eigenvalue weighted by atomic mass is 10.0. The maximum absolute atomic E-state index is 12.5. The van der Waals surface area contributed by atoms with Crippen molar-refractivity contribution in [2.24, 2.45) is 0 Å². The van der Waals surface area contributed by atoms with Crippen LogP contribution in [0.1, 0.15) is 41.3 Å². The van der Waals surface area contributed by atoms with Gasteiger partial charge in [-0.1, -0.05) is 23.5 Å². The molecule has 1 aliphatic rings. The summed E-state index contributed by atoms with van der Waals surface area (Å²) in [5.41, 5.74) is 2.17. The van der Waals surface area contributed by atoms with Crippen molar-refractivity contribution in [2.75, 3.05) is 13.2 Å². The van der Waals surface area contributed by atoms with Gasteiger partial charge in [-0.05, 0) is 38.8 Å². The molecule has 1 saturated heterocycles. The third-order valence-corrected chi connectivity index (χ3v) is 3.60. The lowest BCUT2D eigenvalue weighted by molar-refractivity contribution is 0.0712. The van der Waals surface area contributed by atoms with Gasteiger partial charge in [0.1, 0.15) is 6.61 Å². The Labute approximate surface area is 125 Å². The fourth-order valence-corrected chi connectivity index (χ4v) is 2.46. The zero-order valence-electron chi connectivity index (χ0n) is 12.5. The van der Waals surface area contributed by atoms with Gasteiger partial charge >= 0.3 is 0 Å². The molecule has 0 saturated carbocycles. The van der Waals surface area contributed by atoms with Crippen LogP contribution in [0.15, 0.2) is 18.2 Å². The average molecular weight is 287 g/mol. The maximum atomic E-state index is 12.5. The fraction of sp³-hybridized carbons (Fsp3) is 0.471. The van der Waals surface area contributed by atoms with Gasteiger partial charge in [-0.25, -0.2) is 0 Å². The molecule has 21 heavy (non-hydrogen) atoms. The number of ether oxygens (including phenoxy) is 1. The van der Waals surface area contributed by atoms with Crippen LogP contribution in [0.2, 0.25) is 0 Å². The van der Waals surface area contributed by atoms with Crippen molar-refractivity contribution >= 4 is 5.91 Å². The highest BCUT2D eigenvalue weighted by molar-refractivity contribution is 5.97. The van der Waals surface area contributed by atoms with E-state index >= 15 is 0 Å². The van der Waals surface area contributed by atoms with Crippen LogP contribution in [-0.2, 0) is 4.74 Å². The van der Waals surface area contributed by atoms with E-state index in [9.17, 15) is 4.79 Å². The van der Waals surface area contributed by atoms with Crippen molar-refractivity contribution in [3.05, 3.63) is 34.9 Å². The van der Waals surface area contributed by atoms with E-state index in [-0.39, 0.29) is 24.7 Å². The standard InChI is InChI=1S/C17H21NO3/c1-12-7-8-14(5-3-9-19)15(11-12)17(20)18-13(2)16-6-4-10-21-16/h7-8,11,13,16,19H,4,6,9-10H2,1-2H3,(H,18,20). The van der Waals surface area contributed by atoms with Crippen molar-refractivity contribution in [3.63, 3.8) is 0 Å². The molecule has 1 fully saturated rings. The molecular weight excluding hydrogens is 266 g/mol. The first-order chi connectivity index (χ1) is 10.1. The maximum Gasteiger partial charge on any atom is 0.252 e. The van der Waals surface area contributed by atoms with E-state index in [1.165, 1.54) is 0 Å². The molecule has 1 aliphatic heterocycles. The summed E-state index contributed by atoms with van der Waals surface area (Å²) in [7, 11) is 0. The van der Waals surface area contributed by atoms with Crippen molar-refractivity contribution in [1.82, 2.24) is 5.32 Å². The zero-order chi connectivity index (χ0) is 15.2. The molecule has 0 spiro atoms. The number of aryl methyl sites for hydroxylation is 1. The third-order valence-electron chi connectivity index (χ3n) is 3.60. The number of aliphatic hydroxyl groups excluding tert-OH is 1. The summed E-state index contributed by atoms with van der Waals surface area (Å²) in [5, 5.41) is 11.8. The summed E-state index contributed by atoms with van der Waals surface area (Å²) in [6.45, 7) is 4.44. The van der Waals surface area contributed by atoms with Crippen LogP contribution in [0.4, 0.5) is 0 Å². The zero-order valence-corrected chi connectivity index (χ0v) is 12.5. The second-order valence-electron chi connectivity index (χ2n) is 5.32. The van der Waals surface area contributed by atoms with E-state index in [1.54, 1.807) is 0 Å². The predicted molar refractivity (Wildman–Crippen MR) is 81.0 cm³/mol. The van der Waals surface area contributed by atoms with E-state index < -0.39 is 0 Å². The first-order valence-corrected chi connectivity index (χ1v) is 7.24. The van der Waals surface area contributed by atoms with Crippen LogP contribution >= 0.6 is 0 Å². The molecule has 0 radical (unpaired) electrons. The molecule has 2 N–H and O–H groups in total. The third kappa shape index (κ3) is 4.07. The van der Waals surface area contributed by atoms with E-state index in [0.29, 0.717) is 11.1 Å². The molecule has 2 atom stereocenters. The minimum Gasteiger partial charge on any atom is -0.384 e. The number of aliphatic hydroxyl groups is 1. The van der Waals surface area contributed by atoms with Crippen LogP contribution in [0.3, 0.4) is 0 Å². The summed E-state index contributed by atoms with van der Waals surface area (Å²) < 4.78 is 5.59. The molecular formula is C17H21NO3. The number of hydrogen-bond donors (Lipinski definition) is 2. The number of carbonyl (C=O) groups is 1. The van der Waals surface area contributed by atoms with Gasteiger partial charge in [-0.2, -0.15) is 0 Å². The van der Waals surface area contributed by atoms with Crippen LogP contribution in [0.25, 0.3) is 0 Å². The molecule has 1 heterocycles. The Balaban J connectivity index is 2.15. The Morgan fingerprint density at radius 2 is 2.38 bits per heavy atom. The van der Waals surface area contributed by atoms with Gasteiger partial charge in [0.2, 0.25) is 0 Å². The largest absolute Gasteiger partial charge is 0.384 e. The Hall–Kier alpha value is -1.83. The van der Waals surface area contributed by atoms with Gasteiger partial charge in [-0.3, -0.25) is 4.79 Å². The quantitative estimate of drug-likeness (QED) is 0.831. The van der Waals surface area contributed by atoms with Gasteiger partial charge in [0.05, 0.1) is 17.7 Å². The Morgan fingerprint density at radius 3 is 3.05 bits per heavy atom. The first-order valence-electron chi connectivity index (χ1n) is 7.24. The highest BCUT2D eigenvalue weighted by atomic mass is 16.5. The normalized spacial score (nSPS) is 18.7. The van der Waals surface area contributed by atoms with E-state index in [4.69, 9.17) is 9.84 Å². The second kappa shape index (κ2) is 7.26. The molecule has 4 heteroatoms. The number of carbonyl (C=O) groups excluding carboxylic acids is 1. The molecule has 0 bridgehead atoms. The minimum atomic E-state index is -0.221. The molecule has 112 valence electrons. The van der Waals surface area contributed by atoms with Crippen molar-refractivity contribution in [1.29, 1.82) is 0 Å². The summed E-state index contributed by atoms with van der Waals surface area (Å²) in [4.78, 5) is 12.5. The van der Waals surface area contributed by atoms with Crippen LogP contribution in [-0.4, -0.2) is 36.4 Å². The van der Waals surface area contributed by atoms with Crippen LogP contribution in [0.5, 0.6) is 0 Å². The number of rotatable bonds is 3. The monoisotopic (exact) mass is 287 g/mol. The fourth-order valence-electron chi connectivity index (χ4n) is 2.46. The van der Waals surface area contributed by atoms with Crippen molar-refractivity contribution in [2.45, 2.75) is 38.8 Å². The molecule has 2 unspecified atom stereocenters. The van der Waals surface area contributed by atoms with Crippen LogP contribution < -0.4 is 5.32 Å². The SMILES string of the molecule is Cc1ccc(C#CCO)c(C(=O)NC(C)C2CCCO2)c1. The summed E-state index contributed by atoms with van der Waals surface area (Å²) in [6.07, 6.45) is 2.11. The second-order valence-corrected chi connectivity index (χ2v) is 5.32. The van der Waals surface area contributed by atoms with Gasteiger partial charge in [0, 0.05) is 12.2 Å². The summed E-state index contributed by atoms with van der Waals surface area (Å²) in [5.74, 6) is 5.26. The smallest absolute Gasteiger partial charge is 0.252 e. The van der Waals surface area contributed by atoms with E-state index in [1.807, 2.05) is 32.0 Å². The minimum absolute atomic E-state index is 0.0286. The number of nitrogens with one attached hydrogen (secondary N) is 1. The Morgan fingerprint density at radius 1 is 1.57 bits per heavy atom. The lowest BCUT2D eigenvalue weighted by Gasteiger charge is -2.20. The molecule has 1 aromatic carbocycles. The number of hydrogen-bond acceptors (Lipinski definition) is 3. The van der Waals surface area contributed by atoms with Gasteiger partial charge in [0.15, 0.2) is 0 Å². The Bertz CT molecular complexity index is 565. The van der Waals surface area contributed by atoms with Crippen molar-refractivity contribution < 1.29 is 14.6 Å². The number of amides is 1. The molecule has 2 rings (SSSR count). The molecule has 1 aromatic rings. The highest BCUT2D eigenvalue weighted by Gasteiger charge is 2.24. The lowest BCUT2D eigenvalue weighted by Crippen LogP contribution is -2.41.